The molecule has 2 fully saturated rings. The maximum absolute atomic E-state index is 12.1. The molecular formula is C9H12N2O5. The zero-order valence-corrected chi connectivity index (χ0v) is 8.45. The number of carbonyl (C=O) groups is 3. The van der Waals surface area contributed by atoms with Gasteiger partial charge in [-0.25, -0.2) is 10.2 Å². The number of aliphatic carboxylic acids is 2. The fourth-order valence-electron chi connectivity index (χ4n) is 2.46. The summed E-state index contributed by atoms with van der Waals surface area (Å²) in [6.07, 6.45) is 0.701. The monoisotopic (exact) mass is 228 g/mol. The molecule has 0 aromatic heterocycles. The predicted molar refractivity (Wildman–Crippen MR) is 50.4 cm³/mol. The van der Waals surface area contributed by atoms with Gasteiger partial charge in [-0.05, 0) is 19.3 Å². The molecule has 0 radical (unpaired) electrons. The summed E-state index contributed by atoms with van der Waals surface area (Å²) in [7, 11) is 0. The van der Waals surface area contributed by atoms with E-state index in [1.165, 1.54) is 0 Å². The first-order valence-electron chi connectivity index (χ1n) is 4.97. The van der Waals surface area contributed by atoms with Gasteiger partial charge >= 0.3 is 11.9 Å². The number of fused-ring (bicyclic) bond motifs is 2. The number of hydrogen-bond donors (Lipinski definition) is 4. The van der Waals surface area contributed by atoms with E-state index in [1.54, 1.807) is 0 Å². The molecule has 16 heavy (non-hydrogen) atoms. The molecule has 1 heterocycles. The molecule has 2 rings (SSSR count). The van der Waals surface area contributed by atoms with E-state index in [0.717, 1.165) is 0 Å². The molecule has 2 bridgehead atoms. The van der Waals surface area contributed by atoms with Crippen molar-refractivity contribution in [3.63, 3.8) is 0 Å². The van der Waals surface area contributed by atoms with Gasteiger partial charge < -0.3 is 10.2 Å². The van der Waals surface area contributed by atoms with Crippen LogP contribution in [0.5, 0.6) is 0 Å². The van der Waals surface area contributed by atoms with Crippen LogP contribution in [0.1, 0.15) is 19.3 Å². The maximum atomic E-state index is 12.1. The molecule has 7 heteroatoms. The number of ketones is 1. The molecule has 2 unspecified atom stereocenters. The van der Waals surface area contributed by atoms with Crippen LogP contribution in [0.15, 0.2) is 0 Å². The Morgan fingerprint density at radius 1 is 1.19 bits per heavy atom. The number of hydrazine groups is 1. The fourth-order valence-corrected chi connectivity index (χ4v) is 2.46. The van der Waals surface area contributed by atoms with Crippen LogP contribution >= 0.6 is 0 Å². The lowest BCUT2D eigenvalue weighted by atomic mass is 9.63. The normalized spacial score (nSPS) is 38.1. The van der Waals surface area contributed by atoms with E-state index in [0.29, 0.717) is 6.42 Å². The molecule has 88 valence electrons. The van der Waals surface area contributed by atoms with Crippen LogP contribution in [0.4, 0.5) is 0 Å². The van der Waals surface area contributed by atoms with Crippen molar-refractivity contribution in [3.8, 4) is 0 Å². The summed E-state index contributed by atoms with van der Waals surface area (Å²) < 4.78 is 0. The second-order valence-corrected chi connectivity index (χ2v) is 4.26. The van der Waals surface area contributed by atoms with Gasteiger partial charge in [0.05, 0.1) is 0 Å². The molecule has 0 amide bonds. The lowest BCUT2D eigenvalue weighted by Crippen LogP contribution is -2.76. The van der Waals surface area contributed by atoms with Crippen molar-refractivity contribution in [2.75, 3.05) is 6.54 Å². The molecule has 2 aliphatic rings. The van der Waals surface area contributed by atoms with Crippen LogP contribution in [0.3, 0.4) is 0 Å². The number of carboxylic acids is 2. The second kappa shape index (κ2) is 3.26. The highest BCUT2D eigenvalue weighted by Crippen LogP contribution is 2.40. The summed E-state index contributed by atoms with van der Waals surface area (Å²) in [5.74, 6) is -3.32. The minimum atomic E-state index is -1.78. The smallest absolute Gasteiger partial charge is 0.333 e. The van der Waals surface area contributed by atoms with Gasteiger partial charge in [0, 0.05) is 6.54 Å². The molecule has 1 saturated heterocycles. The average Bonchev–Trinajstić information content (AvgIpc) is 2.16. The Morgan fingerprint density at radius 2 is 1.88 bits per heavy atom. The van der Waals surface area contributed by atoms with Crippen LogP contribution in [-0.4, -0.2) is 40.0 Å². The third-order valence-corrected chi connectivity index (χ3v) is 3.44. The van der Waals surface area contributed by atoms with Crippen LogP contribution in [0, 0.1) is 5.41 Å². The third kappa shape index (κ3) is 1.12. The minimum absolute atomic E-state index is 0.0732. The van der Waals surface area contributed by atoms with Crippen molar-refractivity contribution >= 4 is 17.7 Å². The largest absolute Gasteiger partial charge is 0.480 e. The van der Waals surface area contributed by atoms with Crippen molar-refractivity contribution in [2.24, 2.45) is 5.41 Å². The Balaban J connectivity index is 2.49. The van der Waals surface area contributed by atoms with Crippen molar-refractivity contribution in [1.29, 1.82) is 0 Å². The SMILES string of the molecule is O=C(O)C12CCCC(C(=O)O)(NNC1)C2=O. The summed E-state index contributed by atoms with van der Waals surface area (Å²) >= 11 is 0. The van der Waals surface area contributed by atoms with Crippen molar-refractivity contribution in [3.05, 3.63) is 0 Å². The summed E-state index contributed by atoms with van der Waals surface area (Å²) in [5, 5.41) is 18.2. The first-order valence-corrected chi connectivity index (χ1v) is 4.97. The first kappa shape index (κ1) is 11.0. The van der Waals surface area contributed by atoms with E-state index in [1.807, 2.05) is 0 Å². The molecule has 1 saturated carbocycles. The lowest BCUT2D eigenvalue weighted by Gasteiger charge is -2.46. The van der Waals surface area contributed by atoms with Gasteiger partial charge in [-0.2, -0.15) is 0 Å². The van der Waals surface area contributed by atoms with Crippen molar-refractivity contribution < 1.29 is 24.6 Å². The van der Waals surface area contributed by atoms with Crippen molar-refractivity contribution in [1.82, 2.24) is 10.9 Å². The van der Waals surface area contributed by atoms with Crippen LogP contribution in [0.2, 0.25) is 0 Å². The third-order valence-electron chi connectivity index (χ3n) is 3.44. The predicted octanol–water partition coefficient (Wildman–Crippen LogP) is -1.26. The number of Topliss-reactive ketones (excluding diaryl/α,β-unsaturated/α-hetero) is 1. The lowest BCUT2D eigenvalue weighted by molar-refractivity contribution is -0.170. The Morgan fingerprint density at radius 3 is 2.44 bits per heavy atom. The number of carboxylic acid groups (broad SMARTS) is 2. The quantitative estimate of drug-likeness (QED) is 0.436. The molecule has 2 atom stereocenters. The van der Waals surface area contributed by atoms with E-state index in [-0.39, 0.29) is 19.4 Å². The van der Waals surface area contributed by atoms with Gasteiger partial charge in [-0.1, -0.05) is 0 Å². The Labute approximate surface area is 90.8 Å². The molecule has 0 aromatic carbocycles. The van der Waals surface area contributed by atoms with E-state index in [9.17, 15) is 14.4 Å². The van der Waals surface area contributed by atoms with Gasteiger partial charge in [0.15, 0.2) is 11.3 Å². The summed E-state index contributed by atoms with van der Waals surface area (Å²) in [4.78, 5) is 34.4. The molecular weight excluding hydrogens is 216 g/mol. The minimum Gasteiger partial charge on any atom is -0.480 e. The van der Waals surface area contributed by atoms with Crippen LogP contribution in [0.25, 0.3) is 0 Å². The molecule has 1 aliphatic heterocycles. The Bertz CT molecular complexity index is 336. The highest BCUT2D eigenvalue weighted by atomic mass is 16.4. The molecule has 0 aromatic rings. The van der Waals surface area contributed by atoms with Crippen molar-refractivity contribution in [2.45, 2.75) is 24.8 Å². The summed E-state index contributed by atoms with van der Waals surface area (Å²) in [6, 6.07) is 0. The van der Waals surface area contributed by atoms with Crippen LogP contribution in [-0.2, 0) is 14.4 Å². The maximum Gasteiger partial charge on any atom is 0.333 e. The van der Waals surface area contributed by atoms with E-state index < -0.39 is 28.7 Å². The van der Waals surface area contributed by atoms with E-state index in [2.05, 4.69) is 10.9 Å². The van der Waals surface area contributed by atoms with Gasteiger partial charge in [-0.15, -0.1) is 0 Å². The Hall–Kier alpha value is -1.47. The zero-order chi connectivity index (χ0) is 12.0. The van der Waals surface area contributed by atoms with Gasteiger partial charge in [0.2, 0.25) is 0 Å². The van der Waals surface area contributed by atoms with E-state index >= 15 is 0 Å². The zero-order valence-electron chi connectivity index (χ0n) is 8.45. The van der Waals surface area contributed by atoms with Crippen LogP contribution < -0.4 is 10.9 Å². The van der Waals surface area contributed by atoms with Gasteiger partial charge in [-0.3, -0.25) is 15.0 Å². The molecule has 0 spiro atoms. The standard InChI is InChI=1S/C9H12N2O5/c12-5-8(6(13)14)2-1-3-9(5,7(15)16)11-10-4-8/h10-11H,1-4H2,(H,13,14)(H,15,16). The average molecular weight is 228 g/mol. The second-order valence-electron chi connectivity index (χ2n) is 4.26. The Kier molecular flexibility index (Phi) is 2.25. The molecule has 4 N–H and O–H groups in total. The number of hydrogen-bond acceptors (Lipinski definition) is 5. The number of nitrogens with one attached hydrogen (secondary N) is 2. The first-order chi connectivity index (χ1) is 7.46. The molecule has 7 nitrogen and oxygen atoms in total. The highest BCUT2D eigenvalue weighted by Gasteiger charge is 2.63. The van der Waals surface area contributed by atoms with Gasteiger partial charge in [0.1, 0.15) is 5.41 Å². The summed E-state index contributed by atoms with van der Waals surface area (Å²) in [6.45, 7) is -0.0732. The topological polar surface area (TPSA) is 116 Å². The highest BCUT2D eigenvalue weighted by molar-refractivity contribution is 6.18. The van der Waals surface area contributed by atoms with Gasteiger partial charge in [0.25, 0.3) is 0 Å². The number of rotatable bonds is 2. The van der Waals surface area contributed by atoms with E-state index in [4.69, 9.17) is 10.2 Å². The number of carbonyl (C=O) groups excluding carboxylic acids is 1. The molecule has 1 aliphatic carbocycles. The summed E-state index contributed by atoms with van der Waals surface area (Å²) in [5.41, 5.74) is 1.58. The fraction of sp³-hybridized carbons (Fsp3) is 0.667.